The van der Waals surface area contributed by atoms with E-state index in [2.05, 4.69) is 67.7 Å². The van der Waals surface area contributed by atoms with E-state index in [-0.39, 0.29) is 0 Å². The molecule has 1 heterocycles. The first-order valence-electron chi connectivity index (χ1n) is 8.46. The second-order valence-corrected chi connectivity index (χ2v) is 7.41. The first-order chi connectivity index (χ1) is 11.1. The van der Waals surface area contributed by atoms with Gasteiger partial charge in [0.05, 0.1) is 16.8 Å². The lowest BCUT2D eigenvalue weighted by Gasteiger charge is -2.38. The van der Waals surface area contributed by atoms with Crippen LogP contribution in [0.4, 0.5) is 5.69 Å². The van der Waals surface area contributed by atoms with Gasteiger partial charge in [-0.3, -0.25) is 0 Å². The molecule has 0 amide bonds. The summed E-state index contributed by atoms with van der Waals surface area (Å²) in [6, 6.07) is 15.7. The molecule has 1 nitrogen and oxygen atoms in total. The van der Waals surface area contributed by atoms with E-state index in [0.29, 0.717) is 23.8 Å². The minimum atomic E-state index is 0.323. The van der Waals surface area contributed by atoms with E-state index >= 15 is 0 Å². The first kappa shape index (κ1) is 14.8. The maximum atomic E-state index is 6.47. The summed E-state index contributed by atoms with van der Waals surface area (Å²) in [7, 11) is 0. The highest BCUT2D eigenvalue weighted by Gasteiger charge is 2.38. The Morgan fingerprint density at radius 3 is 2.61 bits per heavy atom. The van der Waals surface area contributed by atoms with Crippen LogP contribution in [0, 0.1) is 5.92 Å². The van der Waals surface area contributed by atoms with Gasteiger partial charge in [-0.05, 0) is 41.0 Å². The van der Waals surface area contributed by atoms with E-state index in [1.807, 2.05) is 6.07 Å². The molecule has 0 unspecified atom stereocenters. The van der Waals surface area contributed by atoms with E-state index in [1.165, 1.54) is 16.7 Å². The number of anilines is 1. The Hall–Kier alpha value is -1.73. The Bertz CT molecular complexity index is 745. The molecule has 4 rings (SSSR count). The SMILES string of the molecule is CC(C)c1ccc([C@@H]2Nc3c(Cl)cccc3[C@@H]3C=CC[C@@H]32)cc1. The van der Waals surface area contributed by atoms with Crippen molar-refractivity contribution in [3.8, 4) is 0 Å². The van der Waals surface area contributed by atoms with Gasteiger partial charge >= 0.3 is 0 Å². The summed E-state index contributed by atoms with van der Waals surface area (Å²) in [6.45, 7) is 4.47. The average molecular weight is 324 g/mol. The second kappa shape index (κ2) is 5.72. The zero-order valence-corrected chi connectivity index (χ0v) is 14.3. The lowest BCUT2D eigenvalue weighted by Crippen LogP contribution is -2.29. The number of hydrogen-bond donors (Lipinski definition) is 1. The fraction of sp³-hybridized carbons (Fsp3) is 0.333. The highest BCUT2D eigenvalue weighted by molar-refractivity contribution is 6.33. The van der Waals surface area contributed by atoms with Crippen molar-refractivity contribution in [1.82, 2.24) is 0 Å². The predicted octanol–water partition coefficient (Wildman–Crippen LogP) is 6.29. The lowest BCUT2D eigenvalue weighted by atomic mass is 9.77. The van der Waals surface area contributed by atoms with Crippen molar-refractivity contribution in [3.05, 3.63) is 76.3 Å². The third kappa shape index (κ3) is 2.48. The van der Waals surface area contributed by atoms with Crippen molar-refractivity contribution in [2.75, 3.05) is 5.32 Å². The molecule has 3 atom stereocenters. The average Bonchev–Trinajstić information content (AvgIpc) is 3.04. The minimum Gasteiger partial charge on any atom is -0.376 e. The van der Waals surface area contributed by atoms with Gasteiger partial charge in [-0.25, -0.2) is 0 Å². The fourth-order valence-electron chi connectivity index (χ4n) is 4.00. The molecule has 1 aliphatic heterocycles. The molecule has 0 saturated heterocycles. The molecule has 2 aliphatic rings. The van der Waals surface area contributed by atoms with Gasteiger partial charge in [-0.15, -0.1) is 0 Å². The fourth-order valence-corrected chi connectivity index (χ4v) is 4.24. The van der Waals surface area contributed by atoms with Gasteiger partial charge in [0.15, 0.2) is 0 Å². The quantitative estimate of drug-likeness (QED) is 0.640. The van der Waals surface area contributed by atoms with E-state index in [9.17, 15) is 0 Å². The van der Waals surface area contributed by atoms with Crippen LogP contribution in [-0.2, 0) is 0 Å². The van der Waals surface area contributed by atoms with Crippen LogP contribution in [0.2, 0.25) is 5.02 Å². The van der Waals surface area contributed by atoms with Crippen LogP contribution in [0.25, 0.3) is 0 Å². The Morgan fingerprint density at radius 2 is 1.87 bits per heavy atom. The molecule has 23 heavy (non-hydrogen) atoms. The number of nitrogens with one attached hydrogen (secondary N) is 1. The Balaban J connectivity index is 1.74. The number of rotatable bonds is 2. The molecule has 0 radical (unpaired) electrons. The van der Waals surface area contributed by atoms with Crippen LogP contribution in [0.15, 0.2) is 54.6 Å². The molecule has 0 bridgehead atoms. The summed E-state index contributed by atoms with van der Waals surface area (Å²) in [6.07, 6.45) is 5.80. The van der Waals surface area contributed by atoms with Crippen LogP contribution < -0.4 is 5.32 Å². The van der Waals surface area contributed by atoms with Gasteiger partial charge in [-0.1, -0.05) is 74.0 Å². The molecule has 2 aromatic carbocycles. The molecule has 118 valence electrons. The lowest BCUT2D eigenvalue weighted by molar-refractivity contribution is 0.425. The summed E-state index contributed by atoms with van der Waals surface area (Å²) in [5, 5.41) is 4.55. The molecule has 0 fully saturated rings. The minimum absolute atomic E-state index is 0.323. The molecule has 1 N–H and O–H groups in total. The normalized spacial score (nSPS) is 25.1. The summed E-state index contributed by atoms with van der Waals surface area (Å²) < 4.78 is 0. The molecule has 0 saturated carbocycles. The van der Waals surface area contributed by atoms with E-state index in [1.54, 1.807) is 0 Å². The number of benzene rings is 2. The van der Waals surface area contributed by atoms with Gasteiger partial charge in [0.25, 0.3) is 0 Å². The smallest absolute Gasteiger partial charge is 0.0640 e. The Morgan fingerprint density at radius 1 is 1.09 bits per heavy atom. The summed E-state index contributed by atoms with van der Waals surface area (Å²) in [5.74, 6) is 1.62. The zero-order chi connectivity index (χ0) is 16.0. The number of para-hydroxylation sites is 1. The maximum Gasteiger partial charge on any atom is 0.0640 e. The summed E-state index contributed by atoms with van der Waals surface area (Å²) >= 11 is 6.47. The third-order valence-electron chi connectivity index (χ3n) is 5.31. The largest absolute Gasteiger partial charge is 0.376 e. The molecule has 0 spiro atoms. The second-order valence-electron chi connectivity index (χ2n) is 7.00. The summed E-state index contributed by atoms with van der Waals surface area (Å²) in [5.41, 5.74) is 5.20. The standard InChI is InChI=1S/C21H22ClN/c1-13(2)14-9-11-15(12-10-14)20-17-6-3-5-16(17)18-7-4-8-19(22)21(18)23-20/h3-5,7-13,16-17,20,23H,6H2,1-2H3/t16-,17+,20+/m1/s1. The van der Waals surface area contributed by atoms with Crippen LogP contribution in [0.5, 0.6) is 0 Å². The van der Waals surface area contributed by atoms with Crippen LogP contribution in [-0.4, -0.2) is 0 Å². The van der Waals surface area contributed by atoms with Gasteiger partial charge in [-0.2, -0.15) is 0 Å². The maximum absolute atomic E-state index is 6.47. The molecular formula is C21H22ClN. The number of fused-ring (bicyclic) bond motifs is 3. The van der Waals surface area contributed by atoms with Crippen molar-refractivity contribution in [2.45, 2.75) is 38.1 Å². The van der Waals surface area contributed by atoms with Gasteiger partial charge in [0.1, 0.15) is 0 Å². The number of allylic oxidation sites excluding steroid dienone is 2. The monoisotopic (exact) mass is 323 g/mol. The van der Waals surface area contributed by atoms with Crippen LogP contribution in [0.1, 0.15) is 54.8 Å². The highest BCUT2D eigenvalue weighted by Crippen LogP contribution is 2.51. The predicted molar refractivity (Wildman–Crippen MR) is 98.3 cm³/mol. The molecule has 2 aromatic rings. The molecule has 0 aromatic heterocycles. The van der Waals surface area contributed by atoms with Crippen molar-refractivity contribution < 1.29 is 0 Å². The van der Waals surface area contributed by atoms with E-state index in [4.69, 9.17) is 11.6 Å². The topological polar surface area (TPSA) is 12.0 Å². The van der Waals surface area contributed by atoms with Gasteiger partial charge in [0, 0.05) is 5.92 Å². The first-order valence-corrected chi connectivity index (χ1v) is 8.84. The van der Waals surface area contributed by atoms with E-state index < -0.39 is 0 Å². The van der Waals surface area contributed by atoms with Gasteiger partial charge < -0.3 is 5.32 Å². The Labute approximate surface area is 143 Å². The van der Waals surface area contributed by atoms with Crippen LogP contribution in [0.3, 0.4) is 0 Å². The highest BCUT2D eigenvalue weighted by atomic mass is 35.5. The molecule has 1 aliphatic carbocycles. The third-order valence-corrected chi connectivity index (χ3v) is 5.62. The van der Waals surface area contributed by atoms with Gasteiger partial charge in [0.2, 0.25) is 0 Å². The zero-order valence-electron chi connectivity index (χ0n) is 13.6. The summed E-state index contributed by atoms with van der Waals surface area (Å²) in [4.78, 5) is 0. The van der Waals surface area contributed by atoms with Crippen molar-refractivity contribution in [2.24, 2.45) is 5.92 Å². The van der Waals surface area contributed by atoms with Crippen LogP contribution >= 0.6 is 11.6 Å². The molecular weight excluding hydrogens is 302 g/mol. The molecule has 2 heteroatoms. The number of hydrogen-bond acceptors (Lipinski definition) is 1. The van der Waals surface area contributed by atoms with E-state index in [0.717, 1.165) is 17.1 Å². The van der Waals surface area contributed by atoms with Crippen molar-refractivity contribution in [1.29, 1.82) is 0 Å². The van der Waals surface area contributed by atoms with Crippen molar-refractivity contribution in [3.63, 3.8) is 0 Å². The Kier molecular flexibility index (Phi) is 3.69. The van der Waals surface area contributed by atoms with Crippen molar-refractivity contribution >= 4 is 17.3 Å². The number of halogens is 1.